The molecule has 1 unspecified atom stereocenters. The van der Waals surface area contributed by atoms with Crippen LogP contribution in [0, 0.1) is 11.3 Å². The van der Waals surface area contributed by atoms with Gasteiger partial charge in [-0.05, 0) is 56.3 Å². The summed E-state index contributed by atoms with van der Waals surface area (Å²) >= 11 is 5.85. The van der Waals surface area contributed by atoms with Crippen LogP contribution in [0.15, 0.2) is 24.3 Å². The van der Waals surface area contributed by atoms with E-state index in [2.05, 4.69) is 11.4 Å². The molecule has 1 fully saturated rings. The van der Waals surface area contributed by atoms with Gasteiger partial charge in [-0.1, -0.05) is 23.7 Å². The van der Waals surface area contributed by atoms with Crippen molar-refractivity contribution in [3.63, 3.8) is 0 Å². The van der Waals surface area contributed by atoms with Crippen molar-refractivity contribution in [1.29, 1.82) is 5.26 Å². The second-order valence-electron chi connectivity index (χ2n) is 4.70. The molecule has 17 heavy (non-hydrogen) atoms. The van der Waals surface area contributed by atoms with Gasteiger partial charge in [0, 0.05) is 5.02 Å². The van der Waals surface area contributed by atoms with Crippen LogP contribution < -0.4 is 5.32 Å². The molecule has 90 valence electrons. The van der Waals surface area contributed by atoms with Crippen LogP contribution in [0.3, 0.4) is 0 Å². The Bertz CT molecular complexity index is 399. The Morgan fingerprint density at radius 1 is 1.29 bits per heavy atom. The van der Waals surface area contributed by atoms with Crippen LogP contribution in [0.4, 0.5) is 0 Å². The lowest BCUT2D eigenvalue weighted by atomic mass is 9.85. The van der Waals surface area contributed by atoms with E-state index in [9.17, 15) is 5.26 Å². The molecule has 0 bridgehead atoms. The summed E-state index contributed by atoms with van der Waals surface area (Å²) in [4.78, 5) is 0. The van der Waals surface area contributed by atoms with Crippen molar-refractivity contribution in [2.45, 2.75) is 37.6 Å². The van der Waals surface area contributed by atoms with Crippen LogP contribution >= 0.6 is 11.6 Å². The molecule has 1 saturated heterocycles. The van der Waals surface area contributed by atoms with E-state index in [1.807, 2.05) is 24.3 Å². The van der Waals surface area contributed by atoms with E-state index in [4.69, 9.17) is 11.6 Å². The molecule has 1 N–H and O–H groups in total. The number of aryl methyl sites for hydroxylation is 1. The van der Waals surface area contributed by atoms with E-state index in [0.717, 1.165) is 37.3 Å². The van der Waals surface area contributed by atoms with Crippen LogP contribution in [0.2, 0.25) is 5.02 Å². The number of hydrogen-bond acceptors (Lipinski definition) is 2. The fourth-order valence-corrected chi connectivity index (χ4v) is 2.47. The van der Waals surface area contributed by atoms with E-state index in [-0.39, 0.29) is 5.54 Å². The molecule has 2 nitrogen and oxygen atoms in total. The summed E-state index contributed by atoms with van der Waals surface area (Å²) in [6, 6.07) is 10.4. The zero-order valence-corrected chi connectivity index (χ0v) is 10.6. The van der Waals surface area contributed by atoms with Crippen LogP contribution in [-0.2, 0) is 6.42 Å². The molecule has 3 heteroatoms. The summed E-state index contributed by atoms with van der Waals surface area (Å²) in [6.45, 7) is 0.966. The molecule has 0 aliphatic carbocycles. The van der Waals surface area contributed by atoms with Gasteiger partial charge < -0.3 is 0 Å². The second-order valence-corrected chi connectivity index (χ2v) is 5.14. The molecule has 0 radical (unpaired) electrons. The van der Waals surface area contributed by atoms with Gasteiger partial charge in [-0.3, -0.25) is 5.32 Å². The van der Waals surface area contributed by atoms with Crippen molar-refractivity contribution >= 4 is 11.6 Å². The Kier molecular flexibility index (Phi) is 4.04. The Balaban J connectivity index is 1.96. The number of piperidine rings is 1. The first-order valence-corrected chi connectivity index (χ1v) is 6.53. The van der Waals surface area contributed by atoms with Crippen molar-refractivity contribution in [1.82, 2.24) is 5.32 Å². The molecule has 1 aliphatic rings. The minimum absolute atomic E-state index is 0.308. The van der Waals surface area contributed by atoms with Crippen molar-refractivity contribution in [3.05, 3.63) is 34.9 Å². The van der Waals surface area contributed by atoms with Crippen molar-refractivity contribution in [2.24, 2.45) is 0 Å². The monoisotopic (exact) mass is 248 g/mol. The third kappa shape index (κ3) is 3.21. The van der Waals surface area contributed by atoms with Crippen LogP contribution in [0.25, 0.3) is 0 Å². The van der Waals surface area contributed by atoms with Gasteiger partial charge in [0.15, 0.2) is 0 Å². The maximum absolute atomic E-state index is 9.33. The average molecular weight is 249 g/mol. The summed E-state index contributed by atoms with van der Waals surface area (Å²) in [5.74, 6) is 0. The predicted octanol–water partition coefficient (Wildman–Crippen LogP) is 3.31. The standard InChI is InChI=1S/C14H17ClN2/c15-13-5-3-12(4-6-13)7-9-14(11-16)8-1-2-10-17-14/h3-6,17H,1-2,7-10H2. The summed E-state index contributed by atoms with van der Waals surface area (Å²) < 4.78 is 0. The lowest BCUT2D eigenvalue weighted by Crippen LogP contribution is -2.47. The van der Waals surface area contributed by atoms with Gasteiger partial charge in [0.05, 0.1) is 6.07 Å². The molecule has 1 aromatic rings. The normalized spacial score (nSPS) is 24.2. The fourth-order valence-electron chi connectivity index (χ4n) is 2.34. The highest BCUT2D eigenvalue weighted by molar-refractivity contribution is 6.30. The predicted molar refractivity (Wildman–Crippen MR) is 70.0 cm³/mol. The molecule has 2 rings (SSSR count). The van der Waals surface area contributed by atoms with Gasteiger partial charge >= 0.3 is 0 Å². The first kappa shape index (κ1) is 12.4. The number of nitrogens with one attached hydrogen (secondary N) is 1. The maximum Gasteiger partial charge on any atom is 0.107 e. The molecule has 0 spiro atoms. The zero-order chi connectivity index (χ0) is 12.1. The molecule has 0 saturated carbocycles. The van der Waals surface area contributed by atoms with Crippen molar-refractivity contribution in [2.75, 3.05) is 6.54 Å². The minimum atomic E-state index is -0.308. The Hall–Kier alpha value is -1.04. The molecule has 1 atom stereocenters. The number of hydrogen-bond donors (Lipinski definition) is 1. The van der Waals surface area contributed by atoms with E-state index in [1.54, 1.807) is 0 Å². The van der Waals surface area contributed by atoms with E-state index < -0.39 is 0 Å². The van der Waals surface area contributed by atoms with Crippen molar-refractivity contribution < 1.29 is 0 Å². The number of rotatable bonds is 3. The minimum Gasteiger partial charge on any atom is -0.299 e. The molecule has 0 aromatic heterocycles. The molecule has 0 amide bonds. The van der Waals surface area contributed by atoms with E-state index >= 15 is 0 Å². The topological polar surface area (TPSA) is 35.8 Å². The Morgan fingerprint density at radius 2 is 2.06 bits per heavy atom. The van der Waals surface area contributed by atoms with E-state index in [1.165, 1.54) is 12.0 Å². The van der Waals surface area contributed by atoms with Gasteiger partial charge in [-0.2, -0.15) is 5.26 Å². The highest BCUT2D eigenvalue weighted by Crippen LogP contribution is 2.24. The van der Waals surface area contributed by atoms with Crippen LogP contribution in [0.1, 0.15) is 31.2 Å². The van der Waals surface area contributed by atoms with Crippen molar-refractivity contribution in [3.8, 4) is 6.07 Å². The summed E-state index contributed by atoms with van der Waals surface area (Å²) in [5.41, 5.74) is 0.939. The third-order valence-electron chi connectivity index (χ3n) is 3.46. The number of benzene rings is 1. The second kappa shape index (κ2) is 5.53. The van der Waals surface area contributed by atoms with Gasteiger partial charge in [-0.25, -0.2) is 0 Å². The largest absolute Gasteiger partial charge is 0.299 e. The summed E-state index contributed by atoms with van der Waals surface area (Å²) in [5, 5.41) is 13.5. The number of nitrogens with zero attached hydrogens (tertiary/aromatic N) is 1. The van der Waals surface area contributed by atoms with Gasteiger partial charge in [-0.15, -0.1) is 0 Å². The first-order chi connectivity index (χ1) is 8.24. The Morgan fingerprint density at radius 3 is 2.65 bits per heavy atom. The zero-order valence-electron chi connectivity index (χ0n) is 9.88. The number of halogens is 1. The Labute approximate surface area is 108 Å². The highest BCUT2D eigenvalue weighted by Gasteiger charge is 2.30. The first-order valence-electron chi connectivity index (χ1n) is 6.15. The smallest absolute Gasteiger partial charge is 0.107 e. The third-order valence-corrected chi connectivity index (χ3v) is 3.71. The average Bonchev–Trinajstić information content (AvgIpc) is 2.39. The lowest BCUT2D eigenvalue weighted by molar-refractivity contribution is 0.305. The quantitative estimate of drug-likeness (QED) is 0.891. The lowest BCUT2D eigenvalue weighted by Gasteiger charge is -2.32. The maximum atomic E-state index is 9.33. The molecule has 1 aliphatic heterocycles. The number of nitriles is 1. The molecule has 1 aromatic carbocycles. The SMILES string of the molecule is N#CC1(CCc2ccc(Cl)cc2)CCCCN1. The molecular weight excluding hydrogens is 232 g/mol. The van der Waals surface area contributed by atoms with E-state index in [0.29, 0.717) is 0 Å². The van der Waals surface area contributed by atoms with Gasteiger partial charge in [0.2, 0.25) is 0 Å². The van der Waals surface area contributed by atoms with Crippen LogP contribution in [-0.4, -0.2) is 12.1 Å². The van der Waals surface area contributed by atoms with Gasteiger partial charge in [0.25, 0.3) is 0 Å². The molecule has 1 heterocycles. The highest BCUT2D eigenvalue weighted by atomic mass is 35.5. The molecular formula is C14H17ClN2. The summed E-state index contributed by atoms with van der Waals surface area (Å²) in [7, 11) is 0. The fraction of sp³-hybridized carbons (Fsp3) is 0.500. The summed E-state index contributed by atoms with van der Waals surface area (Å²) in [6.07, 6.45) is 5.12. The van der Waals surface area contributed by atoms with Crippen LogP contribution in [0.5, 0.6) is 0 Å². The van der Waals surface area contributed by atoms with Gasteiger partial charge in [0.1, 0.15) is 5.54 Å².